The van der Waals surface area contributed by atoms with Crippen LogP contribution >= 0.6 is 0 Å². The number of hydrogen-bond acceptors (Lipinski definition) is 2. The van der Waals surface area contributed by atoms with Crippen molar-refractivity contribution in [1.82, 2.24) is 0 Å². The van der Waals surface area contributed by atoms with Gasteiger partial charge in [0.15, 0.2) is 0 Å². The van der Waals surface area contributed by atoms with E-state index in [4.69, 9.17) is 10.2 Å². The van der Waals surface area contributed by atoms with E-state index in [2.05, 4.69) is 69.2 Å². The largest absolute Gasteiger partial charge is 4.00 e. The fourth-order valence-electron chi connectivity index (χ4n) is 2.81. The average Bonchev–Trinajstić information content (AvgIpc) is 2.87. The molecule has 0 aliphatic rings. The second-order valence-corrected chi connectivity index (χ2v) is 6.83. The summed E-state index contributed by atoms with van der Waals surface area (Å²) in [7, 11) is 0. The minimum Gasteiger partial charge on any atom is -0.855 e. The number of hydrogen-bond donors (Lipinski definition) is 0. The van der Waals surface area contributed by atoms with Gasteiger partial charge in [-0.2, -0.15) is 55.6 Å². The maximum absolute atomic E-state index is 8.93. The van der Waals surface area contributed by atoms with Gasteiger partial charge < -0.3 is 10.2 Å². The third-order valence-corrected chi connectivity index (χ3v) is 5.62. The maximum Gasteiger partial charge on any atom is 4.00 e. The van der Waals surface area contributed by atoms with E-state index in [9.17, 15) is 0 Å². The fraction of sp³-hybridized carbons (Fsp3) is 0.583. The van der Waals surface area contributed by atoms with Crippen LogP contribution in [0.15, 0.2) is 0 Å². The third-order valence-electron chi connectivity index (χ3n) is 5.62. The van der Waals surface area contributed by atoms with Gasteiger partial charge in [-0.3, -0.25) is 0 Å². The van der Waals surface area contributed by atoms with E-state index < -0.39 is 0 Å². The molecule has 3 heteroatoms. The molecule has 0 spiro atoms. The van der Waals surface area contributed by atoms with Gasteiger partial charge in [0.05, 0.1) is 0 Å². The van der Waals surface area contributed by atoms with Gasteiger partial charge in [-0.25, -0.2) is 0 Å². The van der Waals surface area contributed by atoms with Gasteiger partial charge in [-0.15, -0.1) is 13.2 Å². The summed E-state index contributed by atoms with van der Waals surface area (Å²) in [6.45, 7) is 25.1. The Morgan fingerprint density at radius 2 is 0.630 bits per heavy atom. The van der Waals surface area contributed by atoms with Gasteiger partial charge in [0, 0.05) is 0 Å². The molecule has 0 amide bonds. The van der Waals surface area contributed by atoms with E-state index in [0.717, 1.165) is 0 Å². The van der Waals surface area contributed by atoms with Gasteiger partial charge >= 0.3 is 21.7 Å². The van der Waals surface area contributed by atoms with Gasteiger partial charge in [-0.05, 0) is 0 Å². The Labute approximate surface area is 183 Å². The van der Waals surface area contributed by atoms with Crippen molar-refractivity contribution in [2.24, 2.45) is 0 Å². The average molecular weight is 408 g/mol. The molecule has 27 heavy (non-hydrogen) atoms. The Hall–Kier alpha value is -0.666. The van der Waals surface area contributed by atoms with Crippen LogP contribution in [0.1, 0.15) is 69.5 Å². The quantitative estimate of drug-likeness (QED) is 0.472. The van der Waals surface area contributed by atoms with Crippen molar-refractivity contribution in [2.45, 2.75) is 83.1 Å². The third kappa shape index (κ3) is 8.92. The molecule has 0 saturated heterocycles. The van der Waals surface area contributed by atoms with Crippen molar-refractivity contribution in [2.75, 3.05) is 13.2 Å². The van der Waals surface area contributed by atoms with E-state index in [-0.39, 0.29) is 34.9 Å². The summed E-state index contributed by atoms with van der Waals surface area (Å²) in [5.41, 5.74) is 14.7. The van der Waals surface area contributed by atoms with E-state index >= 15 is 0 Å². The zero-order valence-electron chi connectivity index (χ0n) is 19.7. The fourth-order valence-corrected chi connectivity index (χ4v) is 2.81. The molecule has 0 radical (unpaired) electrons. The molecule has 2 nitrogen and oxygen atoms in total. The molecule has 0 aliphatic carbocycles. The Morgan fingerprint density at radius 1 is 0.519 bits per heavy atom. The van der Waals surface area contributed by atoms with E-state index in [1.165, 1.54) is 55.6 Å². The summed E-state index contributed by atoms with van der Waals surface area (Å²) in [6.07, 6.45) is 0. The second kappa shape index (κ2) is 15.3. The zero-order chi connectivity index (χ0) is 21.2. The predicted molar refractivity (Wildman–Crippen MR) is 113 cm³/mol. The van der Waals surface area contributed by atoms with Crippen LogP contribution in [0.2, 0.25) is 0 Å². The van der Waals surface area contributed by atoms with Gasteiger partial charge in [0.2, 0.25) is 0 Å². The number of rotatable bonds is 0. The van der Waals surface area contributed by atoms with E-state index in [1.807, 2.05) is 0 Å². The van der Waals surface area contributed by atoms with Crippen LogP contribution in [0.3, 0.4) is 0 Å². The first-order chi connectivity index (χ1) is 11.9. The van der Waals surface area contributed by atoms with Crippen LogP contribution < -0.4 is 10.2 Å². The normalized spacial score (nSPS) is 9.11. The van der Waals surface area contributed by atoms with Crippen molar-refractivity contribution in [3.05, 3.63) is 55.6 Å². The molecular weight excluding hydrogens is 368 g/mol. The van der Waals surface area contributed by atoms with Crippen molar-refractivity contribution in [3.63, 3.8) is 0 Å². The van der Waals surface area contributed by atoms with Crippen LogP contribution in [-0.4, -0.2) is 13.2 Å². The molecule has 2 aromatic rings. The topological polar surface area (TPSA) is 46.1 Å². The first-order valence-electron chi connectivity index (χ1n) is 9.49. The first kappa shape index (κ1) is 31.0. The summed E-state index contributed by atoms with van der Waals surface area (Å²) < 4.78 is 0. The Kier molecular flexibility index (Phi) is 17.6. The van der Waals surface area contributed by atoms with Crippen LogP contribution in [0, 0.1) is 69.2 Å². The molecule has 2 aromatic carbocycles. The molecular formula is C24H40O2Ti. The molecule has 0 bridgehead atoms. The van der Waals surface area contributed by atoms with Crippen LogP contribution in [0.4, 0.5) is 0 Å². The SMILES string of the molecule is CC[O-].CC[O-].Cc1c(C)c(C)[c-](C)c1C.Cc1c(C)c(C)[c-](C)c1C.[Ti+4]. The Balaban J connectivity index is -0.000000322. The van der Waals surface area contributed by atoms with Crippen LogP contribution in [-0.2, 0) is 21.7 Å². The molecule has 0 aromatic heterocycles. The maximum atomic E-state index is 8.93. The van der Waals surface area contributed by atoms with Crippen molar-refractivity contribution >= 4 is 0 Å². The monoisotopic (exact) mass is 408 g/mol. The molecule has 152 valence electrons. The predicted octanol–water partition coefficient (Wildman–Crippen LogP) is 4.63. The first-order valence-corrected chi connectivity index (χ1v) is 9.49. The van der Waals surface area contributed by atoms with Gasteiger partial charge in [-0.1, -0.05) is 83.1 Å². The zero-order valence-corrected chi connectivity index (χ0v) is 21.3. The van der Waals surface area contributed by atoms with E-state index in [0.29, 0.717) is 0 Å². The standard InChI is InChI=1S/2C10H15.2C2H5O.Ti/c2*1-6-7(2)9(4)10(5)8(6)3;2*1-2-3;/h2*1-5H3;2*2H2,1H3;/q4*-1;+4. The minimum atomic E-state index is 0. The summed E-state index contributed by atoms with van der Waals surface area (Å²) in [5.74, 6) is 0. The second-order valence-electron chi connectivity index (χ2n) is 6.83. The summed E-state index contributed by atoms with van der Waals surface area (Å²) in [5, 5.41) is 17.9. The van der Waals surface area contributed by atoms with Crippen molar-refractivity contribution < 1.29 is 31.9 Å². The minimum absolute atomic E-state index is 0. The Bertz CT molecular complexity index is 442. The van der Waals surface area contributed by atoms with Gasteiger partial charge in [0.1, 0.15) is 0 Å². The molecule has 0 heterocycles. The molecule has 2 rings (SSSR count). The molecule has 0 unspecified atom stereocenters. The molecule has 0 atom stereocenters. The van der Waals surface area contributed by atoms with Crippen molar-refractivity contribution in [3.8, 4) is 0 Å². The smallest absolute Gasteiger partial charge is 0.855 e. The summed E-state index contributed by atoms with van der Waals surface area (Å²) in [6, 6.07) is 0. The van der Waals surface area contributed by atoms with E-state index in [1.54, 1.807) is 13.8 Å². The van der Waals surface area contributed by atoms with Crippen LogP contribution in [0.5, 0.6) is 0 Å². The van der Waals surface area contributed by atoms with Gasteiger partial charge in [0.25, 0.3) is 0 Å². The Morgan fingerprint density at radius 3 is 0.667 bits per heavy atom. The van der Waals surface area contributed by atoms with Crippen molar-refractivity contribution in [1.29, 1.82) is 0 Å². The molecule has 0 aliphatic heterocycles. The summed E-state index contributed by atoms with van der Waals surface area (Å²) >= 11 is 0. The molecule has 0 fully saturated rings. The van der Waals surface area contributed by atoms with Crippen LogP contribution in [0.25, 0.3) is 0 Å². The summed E-state index contributed by atoms with van der Waals surface area (Å²) in [4.78, 5) is 0. The molecule has 0 saturated carbocycles. The molecule has 0 N–H and O–H groups in total.